The van der Waals surface area contributed by atoms with E-state index in [4.69, 9.17) is 27.3 Å². The van der Waals surface area contributed by atoms with Crippen molar-refractivity contribution in [3.63, 3.8) is 0 Å². The summed E-state index contributed by atoms with van der Waals surface area (Å²) >= 11 is 5.36. The summed E-state index contributed by atoms with van der Waals surface area (Å²) in [5, 5.41) is 8.63. The van der Waals surface area contributed by atoms with Crippen molar-refractivity contribution >= 4 is 39.1 Å². The Morgan fingerprint density at radius 2 is 1.62 bits per heavy atom. The summed E-state index contributed by atoms with van der Waals surface area (Å²) in [6, 6.07) is 0.963. The average Bonchev–Trinajstić information content (AvgIpc) is 2.60. The number of amides is 1. The van der Waals surface area contributed by atoms with Crippen LogP contribution >= 0.6 is 11.6 Å². The van der Waals surface area contributed by atoms with Gasteiger partial charge in [-0.15, -0.1) is 0 Å². The number of carbonyl (C=O) groups is 1. The Morgan fingerprint density at radius 1 is 1.06 bits per heavy atom. The van der Waals surface area contributed by atoms with Crippen molar-refractivity contribution in [2.75, 3.05) is 4.90 Å². The van der Waals surface area contributed by atoms with Gasteiger partial charge in [-0.2, -0.15) is 26.3 Å². The van der Waals surface area contributed by atoms with Gasteiger partial charge in [0.15, 0.2) is 5.82 Å². The molecule has 0 spiro atoms. The van der Waals surface area contributed by atoms with E-state index < -0.39 is 68.8 Å². The highest BCUT2D eigenvalue weighted by Gasteiger charge is 2.42. The Balaban J connectivity index is 2.64. The molecule has 0 unspecified atom stereocenters. The second-order valence-electron chi connectivity index (χ2n) is 6.35. The molecular formula is C17H8B2ClF8NO3. The SMILES string of the molecule is [B]C([B])(O)N(C(=O)Oc1c(C)cc(C(F)(F)F)cc1C(F)(F)F)c1ccc(F)c(Cl)c1F. The molecule has 1 amide bonds. The molecule has 15 heteroatoms. The van der Waals surface area contributed by atoms with E-state index in [0.29, 0.717) is 12.1 Å². The molecule has 0 aromatic heterocycles. The molecule has 32 heavy (non-hydrogen) atoms. The number of alkyl halides is 6. The molecule has 0 aliphatic heterocycles. The third-order valence-electron chi connectivity index (χ3n) is 3.89. The van der Waals surface area contributed by atoms with Gasteiger partial charge < -0.3 is 9.84 Å². The van der Waals surface area contributed by atoms with Gasteiger partial charge in [0.05, 0.1) is 22.3 Å². The van der Waals surface area contributed by atoms with Crippen LogP contribution in [0.25, 0.3) is 0 Å². The highest BCUT2D eigenvalue weighted by molar-refractivity contribution is 6.42. The Labute approximate surface area is 182 Å². The molecule has 0 aliphatic rings. The minimum absolute atomic E-state index is 0.259. The summed E-state index contributed by atoms with van der Waals surface area (Å²) in [6.45, 7) is 0.768. The highest BCUT2D eigenvalue weighted by atomic mass is 35.5. The van der Waals surface area contributed by atoms with Gasteiger partial charge in [-0.3, -0.25) is 4.90 Å². The molecule has 0 heterocycles. The van der Waals surface area contributed by atoms with E-state index in [2.05, 4.69) is 4.74 Å². The van der Waals surface area contributed by atoms with Gasteiger partial charge in [0.2, 0.25) is 0 Å². The van der Waals surface area contributed by atoms with E-state index >= 15 is 0 Å². The fourth-order valence-corrected chi connectivity index (χ4v) is 2.70. The Bertz CT molecular complexity index is 1050. The van der Waals surface area contributed by atoms with E-state index in [9.17, 15) is 45.0 Å². The summed E-state index contributed by atoms with van der Waals surface area (Å²) < 4.78 is 111. The molecule has 1 N–H and O–H groups in total. The summed E-state index contributed by atoms with van der Waals surface area (Å²) in [6.07, 6.45) is -12.6. The maximum absolute atomic E-state index is 14.3. The van der Waals surface area contributed by atoms with Crippen LogP contribution in [0.2, 0.25) is 5.02 Å². The van der Waals surface area contributed by atoms with Crippen LogP contribution in [0.1, 0.15) is 16.7 Å². The standard InChI is InChI=1S/C17H8B2ClF8NO3/c1-6-4-7(15(23,24)25)5-8(16(26,27)28)13(6)32-14(30)29(17(18,19)31)10-3-2-9(21)11(20)12(10)22/h2-5,31H,1H3. The smallest absolute Gasteiger partial charge is 0.409 e. The first-order valence-electron chi connectivity index (χ1n) is 8.10. The molecule has 2 rings (SSSR count). The number of ether oxygens (including phenoxy) is 1. The van der Waals surface area contributed by atoms with E-state index in [1.165, 1.54) is 0 Å². The first-order valence-corrected chi connectivity index (χ1v) is 8.48. The molecule has 4 radical (unpaired) electrons. The number of anilines is 1. The number of benzene rings is 2. The second kappa shape index (κ2) is 8.47. The summed E-state index contributed by atoms with van der Waals surface area (Å²) in [5.41, 5.74) is -8.92. The molecule has 0 aliphatic carbocycles. The van der Waals surface area contributed by atoms with Crippen LogP contribution in [0.5, 0.6) is 5.75 Å². The number of rotatable bonds is 3. The predicted molar refractivity (Wildman–Crippen MR) is 97.5 cm³/mol. The first-order chi connectivity index (χ1) is 14.4. The maximum atomic E-state index is 14.3. The third-order valence-corrected chi connectivity index (χ3v) is 4.24. The van der Waals surface area contributed by atoms with E-state index in [0.717, 1.165) is 6.92 Å². The lowest BCUT2D eigenvalue weighted by atomic mass is 9.72. The maximum Gasteiger partial charge on any atom is 0.420 e. The zero-order valence-electron chi connectivity index (χ0n) is 15.6. The number of aryl methyl sites for hydroxylation is 1. The van der Waals surface area contributed by atoms with E-state index in [1.54, 1.807) is 0 Å². The number of carbonyl (C=O) groups excluding carboxylic acids is 1. The molecule has 0 saturated heterocycles. The van der Waals surface area contributed by atoms with Crippen LogP contribution in [-0.2, 0) is 12.4 Å². The summed E-state index contributed by atoms with van der Waals surface area (Å²) in [7, 11) is 10.3. The van der Waals surface area contributed by atoms with Crippen LogP contribution in [0, 0.1) is 18.6 Å². The van der Waals surface area contributed by atoms with Crippen LogP contribution in [0.3, 0.4) is 0 Å². The second-order valence-corrected chi connectivity index (χ2v) is 6.72. The summed E-state index contributed by atoms with van der Waals surface area (Å²) in [4.78, 5) is 12.2. The molecule has 0 fully saturated rings. The van der Waals surface area contributed by atoms with Gasteiger partial charge in [-0.05, 0) is 36.8 Å². The minimum atomic E-state index is -5.43. The topological polar surface area (TPSA) is 49.8 Å². The molecule has 0 saturated carbocycles. The minimum Gasteiger partial charge on any atom is -0.409 e. The quantitative estimate of drug-likeness (QED) is 0.292. The van der Waals surface area contributed by atoms with Crippen molar-refractivity contribution in [1.29, 1.82) is 0 Å². The Morgan fingerprint density at radius 3 is 2.09 bits per heavy atom. The Hall–Kier alpha value is -2.47. The van der Waals surface area contributed by atoms with Crippen molar-refractivity contribution in [2.24, 2.45) is 0 Å². The fourth-order valence-electron chi connectivity index (χ4n) is 2.54. The molecule has 2 aromatic carbocycles. The number of hydrogen-bond donors (Lipinski definition) is 1. The number of aliphatic hydroxyl groups is 1. The van der Waals surface area contributed by atoms with E-state index in [-0.39, 0.29) is 17.0 Å². The van der Waals surface area contributed by atoms with Crippen molar-refractivity contribution in [1.82, 2.24) is 0 Å². The van der Waals surface area contributed by atoms with Crippen LogP contribution in [0.4, 0.5) is 45.6 Å². The average molecular weight is 483 g/mol. The predicted octanol–water partition coefficient (Wildman–Crippen LogP) is 4.91. The molecule has 0 atom stereocenters. The number of nitrogens with zero attached hydrogens (tertiary/aromatic N) is 1. The molecule has 2 aromatic rings. The fraction of sp³-hybridized carbons (Fsp3) is 0.235. The van der Waals surface area contributed by atoms with Crippen LogP contribution < -0.4 is 9.64 Å². The molecule has 4 nitrogen and oxygen atoms in total. The zero-order chi connectivity index (χ0) is 24.8. The monoisotopic (exact) mass is 483 g/mol. The molecule has 168 valence electrons. The van der Waals surface area contributed by atoms with Crippen molar-refractivity contribution in [3.05, 3.63) is 57.6 Å². The number of halogens is 9. The van der Waals surface area contributed by atoms with Gasteiger partial charge in [0.25, 0.3) is 0 Å². The highest BCUT2D eigenvalue weighted by Crippen LogP contribution is 2.43. The van der Waals surface area contributed by atoms with Gasteiger partial charge >= 0.3 is 18.4 Å². The molecular weight excluding hydrogens is 475 g/mol. The van der Waals surface area contributed by atoms with Crippen molar-refractivity contribution in [2.45, 2.75) is 24.8 Å². The third kappa shape index (κ3) is 5.29. The lowest BCUT2D eigenvalue weighted by Crippen LogP contribution is -2.55. The summed E-state index contributed by atoms with van der Waals surface area (Å²) in [5.74, 6) is -4.41. The number of hydrogen-bond acceptors (Lipinski definition) is 3. The normalized spacial score (nSPS) is 12.6. The van der Waals surface area contributed by atoms with Crippen molar-refractivity contribution in [3.8, 4) is 5.75 Å². The van der Waals surface area contributed by atoms with Gasteiger partial charge in [0, 0.05) is 0 Å². The largest absolute Gasteiger partial charge is 0.420 e. The van der Waals surface area contributed by atoms with Gasteiger partial charge in [0.1, 0.15) is 32.3 Å². The molecule has 0 bridgehead atoms. The van der Waals surface area contributed by atoms with Crippen LogP contribution in [0.15, 0.2) is 24.3 Å². The first kappa shape index (κ1) is 25.8. The lowest BCUT2D eigenvalue weighted by molar-refractivity contribution is -0.143. The zero-order valence-corrected chi connectivity index (χ0v) is 16.3. The van der Waals surface area contributed by atoms with Gasteiger partial charge in [-0.1, -0.05) is 11.6 Å². The van der Waals surface area contributed by atoms with Gasteiger partial charge in [-0.25, -0.2) is 13.6 Å². The Kier molecular flexibility index (Phi) is 6.82. The van der Waals surface area contributed by atoms with Crippen LogP contribution in [-0.4, -0.2) is 32.4 Å². The lowest BCUT2D eigenvalue weighted by Gasteiger charge is -2.35. The van der Waals surface area contributed by atoms with E-state index in [1.807, 2.05) is 0 Å². The van der Waals surface area contributed by atoms with Crippen molar-refractivity contribution < 1.29 is 49.8 Å².